The third kappa shape index (κ3) is 6.06. The number of hydrazone groups is 1. The van der Waals surface area contributed by atoms with Crippen molar-refractivity contribution in [3.8, 4) is 11.5 Å². The van der Waals surface area contributed by atoms with Gasteiger partial charge in [0.2, 0.25) is 0 Å². The highest BCUT2D eigenvalue weighted by molar-refractivity contribution is 6.07. The van der Waals surface area contributed by atoms with E-state index in [1.807, 2.05) is 30.3 Å². The Kier molecular flexibility index (Phi) is 7.51. The molecule has 0 aliphatic carbocycles. The second-order valence-electron chi connectivity index (χ2n) is 8.44. The molecule has 190 valence electrons. The minimum atomic E-state index is -0.600. The molecule has 7 nitrogen and oxygen atoms in total. The lowest BCUT2D eigenvalue weighted by Crippen LogP contribution is -2.18. The number of benzene rings is 5. The number of amides is 1. The monoisotopic (exact) mass is 514 g/mol. The molecule has 0 radical (unpaired) electrons. The molecule has 1 amide bonds. The van der Waals surface area contributed by atoms with Crippen LogP contribution in [0.1, 0.15) is 36.6 Å². The molecule has 0 aromatic heterocycles. The minimum absolute atomic E-state index is 0.102. The molecule has 7 heteroatoms. The molecule has 0 atom stereocenters. The normalized spacial score (nSPS) is 10.8. The van der Waals surface area contributed by atoms with Crippen LogP contribution in [0.15, 0.2) is 126 Å². The van der Waals surface area contributed by atoms with Gasteiger partial charge < -0.3 is 9.47 Å². The fraction of sp³-hybridized carbons (Fsp3) is 0. The van der Waals surface area contributed by atoms with Crippen molar-refractivity contribution in [2.45, 2.75) is 0 Å². The molecule has 0 aliphatic rings. The standard InChI is InChI=1S/C32H22N2O5/c35-30(28-17-9-15-22-10-7-8-16-27(22)28)34-33-21-25-18-19-26(38-31(36)23-11-3-1-4-12-23)20-29(25)39-32(37)24-13-5-2-6-14-24/h1-21H,(H,34,35)/b33-21+. The van der Waals surface area contributed by atoms with Crippen LogP contribution in [0.4, 0.5) is 0 Å². The highest BCUT2D eigenvalue weighted by Crippen LogP contribution is 2.26. The van der Waals surface area contributed by atoms with E-state index in [4.69, 9.17) is 9.47 Å². The van der Waals surface area contributed by atoms with Crippen molar-refractivity contribution < 1.29 is 23.9 Å². The summed E-state index contributed by atoms with van der Waals surface area (Å²) in [6, 6.07) is 34.6. The Morgan fingerprint density at radius 1 is 0.641 bits per heavy atom. The fourth-order valence-corrected chi connectivity index (χ4v) is 3.89. The number of nitrogens with one attached hydrogen (secondary N) is 1. The number of hydrogen-bond donors (Lipinski definition) is 1. The van der Waals surface area contributed by atoms with Gasteiger partial charge in [-0.15, -0.1) is 0 Å². The maximum Gasteiger partial charge on any atom is 0.343 e. The van der Waals surface area contributed by atoms with E-state index in [9.17, 15) is 14.4 Å². The van der Waals surface area contributed by atoms with Crippen LogP contribution in [0.2, 0.25) is 0 Å². The number of rotatable bonds is 7. The molecule has 1 N–H and O–H groups in total. The lowest BCUT2D eigenvalue weighted by Gasteiger charge is -2.11. The van der Waals surface area contributed by atoms with Gasteiger partial charge in [0.05, 0.1) is 17.3 Å². The Morgan fingerprint density at radius 3 is 1.97 bits per heavy atom. The summed E-state index contributed by atoms with van der Waals surface area (Å²) in [5.41, 5.74) is 4.11. The second kappa shape index (κ2) is 11.7. The van der Waals surface area contributed by atoms with Crippen molar-refractivity contribution in [2.24, 2.45) is 5.10 Å². The smallest absolute Gasteiger partial charge is 0.343 e. The average molecular weight is 515 g/mol. The van der Waals surface area contributed by atoms with E-state index >= 15 is 0 Å². The van der Waals surface area contributed by atoms with Crippen LogP contribution in [0.5, 0.6) is 11.5 Å². The van der Waals surface area contributed by atoms with E-state index in [2.05, 4.69) is 10.5 Å². The van der Waals surface area contributed by atoms with Crippen LogP contribution in [0.25, 0.3) is 10.8 Å². The minimum Gasteiger partial charge on any atom is -0.423 e. The lowest BCUT2D eigenvalue weighted by molar-refractivity contribution is 0.0732. The largest absolute Gasteiger partial charge is 0.423 e. The van der Waals surface area contributed by atoms with Crippen molar-refractivity contribution in [3.63, 3.8) is 0 Å². The van der Waals surface area contributed by atoms with Crippen LogP contribution in [-0.4, -0.2) is 24.1 Å². The number of esters is 2. The highest BCUT2D eigenvalue weighted by atomic mass is 16.5. The Bertz CT molecular complexity index is 1680. The third-order valence-electron chi connectivity index (χ3n) is 5.82. The average Bonchev–Trinajstić information content (AvgIpc) is 2.98. The number of fused-ring (bicyclic) bond motifs is 1. The van der Waals surface area contributed by atoms with Crippen LogP contribution < -0.4 is 14.9 Å². The Balaban J connectivity index is 1.38. The molecule has 5 rings (SSSR count). The molecule has 0 fully saturated rings. The van der Waals surface area contributed by atoms with Crippen molar-refractivity contribution in [3.05, 3.63) is 144 Å². The number of hydrogen-bond acceptors (Lipinski definition) is 6. The molecule has 0 spiro atoms. The maximum absolute atomic E-state index is 12.8. The lowest BCUT2D eigenvalue weighted by atomic mass is 10.0. The maximum atomic E-state index is 12.8. The molecule has 0 bridgehead atoms. The van der Waals surface area contributed by atoms with Gasteiger partial charge in [0.25, 0.3) is 5.91 Å². The summed E-state index contributed by atoms with van der Waals surface area (Å²) in [4.78, 5) is 38.1. The van der Waals surface area contributed by atoms with Gasteiger partial charge in [-0.05, 0) is 53.2 Å². The number of ether oxygens (including phenoxy) is 2. The molecule has 0 unspecified atom stereocenters. The first-order valence-electron chi connectivity index (χ1n) is 12.1. The molecule has 39 heavy (non-hydrogen) atoms. The Hall–Kier alpha value is -5.56. The summed E-state index contributed by atoms with van der Waals surface area (Å²) < 4.78 is 11.1. The molecule has 0 aliphatic heterocycles. The summed E-state index contributed by atoms with van der Waals surface area (Å²) in [5, 5.41) is 5.82. The zero-order valence-electron chi connectivity index (χ0n) is 20.6. The van der Waals surface area contributed by atoms with Crippen LogP contribution in [0, 0.1) is 0 Å². The topological polar surface area (TPSA) is 94.1 Å². The highest BCUT2D eigenvalue weighted by Gasteiger charge is 2.15. The molecule has 0 heterocycles. The zero-order valence-corrected chi connectivity index (χ0v) is 20.6. The van der Waals surface area contributed by atoms with Gasteiger partial charge in [-0.3, -0.25) is 4.79 Å². The predicted molar refractivity (Wildman–Crippen MR) is 148 cm³/mol. The summed E-state index contributed by atoms with van der Waals surface area (Å²) in [6.45, 7) is 0. The Morgan fingerprint density at radius 2 is 1.26 bits per heavy atom. The van der Waals surface area contributed by atoms with Crippen molar-refractivity contribution >= 4 is 34.8 Å². The summed E-state index contributed by atoms with van der Waals surface area (Å²) in [5.74, 6) is -1.27. The predicted octanol–water partition coefficient (Wildman–Crippen LogP) is 6.04. The van der Waals surface area contributed by atoms with E-state index in [0.29, 0.717) is 22.3 Å². The van der Waals surface area contributed by atoms with Gasteiger partial charge >= 0.3 is 11.9 Å². The molecule has 5 aromatic carbocycles. The number of nitrogens with zero attached hydrogens (tertiary/aromatic N) is 1. The van der Waals surface area contributed by atoms with Crippen molar-refractivity contribution in [1.82, 2.24) is 5.43 Å². The SMILES string of the molecule is O=C(Oc1ccc(/C=N/NC(=O)c2cccc3ccccc23)c(OC(=O)c2ccccc2)c1)c1ccccc1. The second-order valence-corrected chi connectivity index (χ2v) is 8.44. The van der Waals surface area contributed by atoms with Gasteiger partial charge in [0.1, 0.15) is 11.5 Å². The summed E-state index contributed by atoms with van der Waals surface area (Å²) in [7, 11) is 0. The van der Waals surface area contributed by atoms with Crippen molar-refractivity contribution in [2.75, 3.05) is 0 Å². The molecular weight excluding hydrogens is 492 g/mol. The van der Waals surface area contributed by atoms with Gasteiger partial charge in [-0.25, -0.2) is 15.0 Å². The Labute approximate surface area is 224 Å². The van der Waals surface area contributed by atoms with Crippen molar-refractivity contribution in [1.29, 1.82) is 0 Å². The summed E-state index contributed by atoms with van der Waals surface area (Å²) >= 11 is 0. The third-order valence-corrected chi connectivity index (χ3v) is 5.82. The van der Waals surface area contributed by atoms with E-state index in [1.54, 1.807) is 84.9 Å². The van der Waals surface area contributed by atoms with E-state index in [-0.39, 0.29) is 17.4 Å². The van der Waals surface area contributed by atoms with E-state index in [0.717, 1.165) is 10.8 Å². The molecule has 0 saturated carbocycles. The van der Waals surface area contributed by atoms with Crippen LogP contribution >= 0.6 is 0 Å². The van der Waals surface area contributed by atoms with Gasteiger partial charge in [0, 0.05) is 17.2 Å². The quantitative estimate of drug-likeness (QED) is 0.124. The van der Waals surface area contributed by atoms with Gasteiger partial charge in [-0.1, -0.05) is 72.8 Å². The van der Waals surface area contributed by atoms with Gasteiger partial charge in [-0.2, -0.15) is 5.10 Å². The van der Waals surface area contributed by atoms with Crippen LogP contribution in [0.3, 0.4) is 0 Å². The first-order valence-corrected chi connectivity index (χ1v) is 12.1. The first-order chi connectivity index (χ1) is 19.1. The number of carbonyl (C=O) groups is 3. The van der Waals surface area contributed by atoms with E-state index in [1.165, 1.54) is 12.3 Å². The molecule has 5 aromatic rings. The fourth-order valence-electron chi connectivity index (χ4n) is 3.89. The summed E-state index contributed by atoms with van der Waals surface area (Å²) in [6.07, 6.45) is 1.36. The molecule has 0 saturated heterocycles. The zero-order chi connectivity index (χ0) is 27.0. The van der Waals surface area contributed by atoms with Gasteiger partial charge in [0.15, 0.2) is 0 Å². The molecular formula is C32H22N2O5. The number of carbonyl (C=O) groups excluding carboxylic acids is 3. The first kappa shape index (κ1) is 25.1. The van der Waals surface area contributed by atoms with Crippen LogP contribution in [-0.2, 0) is 0 Å². The van der Waals surface area contributed by atoms with E-state index < -0.39 is 11.9 Å².